The van der Waals surface area contributed by atoms with Gasteiger partial charge in [0.15, 0.2) is 11.6 Å². The van der Waals surface area contributed by atoms with Crippen LogP contribution in [-0.2, 0) is 9.59 Å². The van der Waals surface area contributed by atoms with Crippen LogP contribution in [0.4, 0.5) is 4.39 Å². The largest absolute Gasteiger partial charge is 0.496 e. The van der Waals surface area contributed by atoms with E-state index in [-0.39, 0.29) is 58.9 Å². The van der Waals surface area contributed by atoms with Crippen LogP contribution in [0.1, 0.15) is 88.9 Å². The number of amides is 2. The molecule has 0 radical (unpaired) electrons. The van der Waals surface area contributed by atoms with Crippen molar-refractivity contribution in [2.24, 2.45) is 29.6 Å². The number of carbonyl (C=O) groups is 3. The Morgan fingerprint density at radius 1 is 1.03 bits per heavy atom. The molecule has 39 heavy (non-hydrogen) atoms. The number of nitrogens with one attached hydrogen (secondary N) is 2. The zero-order valence-corrected chi connectivity index (χ0v) is 23.5. The number of carboxylic acids is 1. The number of hydrogen-bond acceptors (Lipinski definition) is 5. The van der Waals surface area contributed by atoms with Crippen molar-refractivity contribution in [3.8, 4) is 11.5 Å². The van der Waals surface area contributed by atoms with Crippen molar-refractivity contribution < 1.29 is 33.4 Å². The van der Waals surface area contributed by atoms with E-state index in [2.05, 4.69) is 31.4 Å². The molecule has 0 saturated heterocycles. The van der Waals surface area contributed by atoms with Gasteiger partial charge in [-0.05, 0) is 75.7 Å². The molecule has 2 bridgehead atoms. The van der Waals surface area contributed by atoms with Crippen molar-refractivity contribution in [3.05, 3.63) is 23.5 Å². The topological polar surface area (TPSA) is 114 Å². The van der Waals surface area contributed by atoms with Gasteiger partial charge in [-0.1, -0.05) is 26.7 Å². The molecule has 0 aromatic heterocycles. The summed E-state index contributed by atoms with van der Waals surface area (Å²) < 4.78 is 26.1. The Hall–Kier alpha value is -2.84. The van der Waals surface area contributed by atoms with Crippen LogP contribution in [0.3, 0.4) is 0 Å². The summed E-state index contributed by atoms with van der Waals surface area (Å²) >= 11 is 0. The first-order valence-corrected chi connectivity index (χ1v) is 14.5. The summed E-state index contributed by atoms with van der Waals surface area (Å²) in [6, 6.07) is 2.28. The molecule has 3 N–H and O–H groups in total. The number of carbonyl (C=O) groups excluding carboxylic acids is 2. The Bertz CT molecular complexity index is 1050. The van der Waals surface area contributed by atoms with E-state index >= 15 is 0 Å². The maximum absolute atomic E-state index is 14.9. The number of ether oxygens (including phenoxy) is 2. The van der Waals surface area contributed by atoms with Crippen molar-refractivity contribution in [3.63, 3.8) is 0 Å². The van der Waals surface area contributed by atoms with E-state index < -0.39 is 23.6 Å². The van der Waals surface area contributed by atoms with Gasteiger partial charge in [-0.15, -0.1) is 0 Å². The maximum Gasteiger partial charge on any atom is 0.306 e. The van der Waals surface area contributed by atoms with Crippen LogP contribution >= 0.6 is 0 Å². The fourth-order valence-corrected chi connectivity index (χ4v) is 7.12. The van der Waals surface area contributed by atoms with E-state index in [4.69, 9.17) is 9.47 Å². The van der Waals surface area contributed by atoms with Crippen molar-refractivity contribution >= 4 is 17.8 Å². The maximum atomic E-state index is 14.9. The van der Waals surface area contributed by atoms with Gasteiger partial charge in [-0.3, -0.25) is 14.4 Å². The Balaban J connectivity index is 1.48. The average Bonchev–Trinajstić information content (AvgIpc) is 3.52. The summed E-state index contributed by atoms with van der Waals surface area (Å²) in [7, 11) is 1.38. The fraction of sp³-hybridized carbons (Fsp3) is 0.700. The van der Waals surface area contributed by atoms with E-state index in [0.717, 1.165) is 38.2 Å². The number of fused-ring (bicyclic) bond motifs is 2. The molecule has 1 aromatic rings. The molecule has 9 heteroatoms. The van der Waals surface area contributed by atoms with Gasteiger partial charge in [0.05, 0.1) is 30.6 Å². The molecule has 3 aliphatic carbocycles. The van der Waals surface area contributed by atoms with Crippen LogP contribution in [-0.4, -0.2) is 48.2 Å². The minimum atomic E-state index is -0.819. The number of halogens is 1. The van der Waals surface area contributed by atoms with Gasteiger partial charge in [0.2, 0.25) is 5.91 Å². The number of rotatable bonds is 11. The third kappa shape index (κ3) is 6.33. The molecule has 3 fully saturated rings. The van der Waals surface area contributed by atoms with Gasteiger partial charge in [0.25, 0.3) is 5.91 Å². The van der Waals surface area contributed by atoms with Crippen LogP contribution in [0, 0.1) is 35.4 Å². The highest BCUT2D eigenvalue weighted by molar-refractivity contribution is 5.98. The highest BCUT2D eigenvalue weighted by Crippen LogP contribution is 2.49. The minimum Gasteiger partial charge on any atom is -0.496 e. The van der Waals surface area contributed by atoms with Gasteiger partial charge in [-0.25, -0.2) is 4.39 Å². The first-order valence-electron chi connectivity index (χ1n) is 14.5. The number of benzene rings is 1. The first-order chi connectivity index (χ1) is 18.7. The first kappa shape index (κ1) is 29.2. The molecule has 216 valence electrons. The Morgan fingerprint density at radius 3 is 2.31 bits per heavy atom. The lowest BCUT2D eigenvalue weighted by atomic mass is 9.83. The predicted octanol–water partition coefficient (Wildman–Crippen LogP) is 4.94. The normalized spacial score (nSPS) is 28.7. The lowest BCUT2D eigenvalue weighted by Gasteiger charge is -2.33. The zero-order chi connectivity index (χ0) is 28.3. The highest BCUT2D eigenvalue weighted by atomic mass is 19.1. The molecule has 3 saturated carbocycles. The minimum absolute atomic E-state index is 0.000966. The van der Waals surface area contributed by atoms with Crippen molar-refractivity contribution in [1.82, 2.24) is 10.6 Å². The summed E-state index contributed by atoms with van der Waals surface area (Å²) in [5, 5.41) is 15.6. The quantitative estimate of drug-likeness (QED) is 0.362. The van der Waals surface area contributed by atoms with Crippen LogP contribution in [0.15, 0.2) is 12.1 Å². The lowest BCUT2D eigenvalue weighted by molar-refractivity contribution is -0.143. The fourth-order valence-electron chi connectivity index (χ4n) is 7.12. The molecule has 5 atom stereocenters. The van der Waals surface area contributed by atoms with Crippen LogP contribution in [0.2, 0.25) is 0 Å². The van der Waals surface area contributed by atoms with E-state index in [9.17, 15) is 23.9 Å². The highest BCUT2D eigenvalue weighted by Gasteiger charge is 2.51. The monoisotopic (exact) mass is 546 g/mol. The summed E-state index contributed by atoms with van der Waals surface area (Å²) in [6.07, 6.45) is 6.46. The number of methoxy groups -OCH3 is 1. The standard InChI is InChI=1S/C30H43FN2O6/c1-5-17(6-2)16(3)32-29(35)26-19-7-8-20(13-19)27(26)33-28(34)22-14-25(23(31)15-24(22)38-4)39-21-11-9-18(10-12-21)30(36)37/h14-21,26-27H,5-13H2,1-4H3,(H,32,35)(H,33,34)(H,36,37). The number of aliphatic carboxylic acids is 1. The van der Waals surface area contributed by atoms with E-state index in [1.54, 1.807) is 0 Å². The zero-order valence-electron chi connectivity index (χ0n) is 23.5. The second-order valence-electron chi connectivity index (χ2n) is 11.6. The summed E-state index contributed by atoms with van der Waals surface area (Å²) in [4.78, 5) is 38.2. The summed E-state index contributed by atoms with van der Waals surface area (Å²) in [5.41, 5.74) is 0.153. The van der Waals surface area contributed by atoms with Crippen molar-refractivity contribution in [2.75, 3.05) is 7.11 Å². The van der Waals surface area contributed by atoms with E-state index in [0.29, 0.717) is 31.6 Å². The predicted molar refractivity (Wildman–Crippen MR) is 144 cm³/mol. The molecule has 0 heterocycles. The third-order valence-corrected chi connectivity index (χ3v) is 9.46. The van der Waals surface area contributed by atoms with Crippen LogP contribution < -0.4 is 20.1 Å². The third-order valence-electron chi connectivity index (χ3n) is 9.46. The lowest BCUT2D eigenvalue weighted by Crippen LogP contribution is -2.52. The number of carboxylic acid groups (broad SMARTS) is 1. The van der Waals surface area contributed by atoms with E-state index in [1.165, 1.54) is 13.2 Å². The van der Waals surface area contributed by atoms with Gasteiger partial charge >= 0.3 is 5.97 Å². The van der Waals surface area contributed by atoms with Gasteiger partial charge in [0.1, 0.15) is 5.75 Å². The Morgan fingerprint density at radius 2 is 1.69 bits per heavy atom. The Labute approximate surface area is 230 Å². The van der Waals surface area contributed by atoms with E-state index in [1.807, 2.05) is 0 Å². The average molecular weight is 547 g/mol. The molecule has 4 rings (SSSR count). The van der Waals surface area contributed by atoms with Crippen molar-refractivity contribution in [2.45, 2.75) is 96.7 Å². The molecule has 0 spiro atoms. The van der Waals surface area contributed by atoms with Crippen LogP contribution in [0.5, 0.6) is 11.5 Å². The number of hydrogen-bond donors (Lipinski definition) is 3. The molecule has 5 unspecified atom stereocenters. The van der Waals surface area contributed by atoms with Crippen molar-refractivity contribution in [1.29, 1.82) is 0 Å². The molecular formula is C30H43FN2O6. The summed E-state index contributed by atoms with van der Waals surface area (Å²) in [5.74, 6) is -1.67. The molecule has 0 aliphatic heterocycles. The summed E-state index contributed by atoms with van der Waals surface area (Å²) in [6.45, 7) is 6.31. The molecular weight excluding hydrogens is 503 g/mol. The smallest absolute Gasteiger partial charge is 0.306 e. The van der Waals surface area contributed by atoms with Crippen LogP contribution in [0.25, 0.3) is 0 Å². The van der Waals surface area contributed by atoms with Gasteiger partial charge in [-0.2, -0.15) is 0 Å². The second kappa shape index (κ2) is 12.6. The second-order valence-corrected chi connectivity index (χ2v) is 11.6. The SMILES string of the molecule is CCC(CC)C(C)NC(=O)C1C2CCC(C2)C1NC(=O)c1cc(OC2CCC(C(=O)O)CC2)c(F)cc1OC. The van der Waals surface area contributed by atoms with Gasteiger partial charge < -0.3 is 25.2 Å². The van der Waals surface area contributed by atoms with Gasteiger partial charge in [0, 0.05) is 18.2 Å². The molecule has 2 amide bonds. The molecule has 1 aromatic carbocycles. The molecule has 8 nitrogen and oxygen atoms in total. The Kier molecular flexibility index (Phi) is 9.39. The molecule has 3 aliphatic rings.